The van der Waals surface area contributed by atoms with E-state index >= 15 is 0 Å². The van der Waals surface area contributed by atoms with Crippen molar-refractivity contribution in [1.82, 2.24) is 0 Å². The van der Waals surface area contributed by atoms with Crippen LogP contribution < -0.4 is 0 Å². The Kier molecular flexibility index (Phi) is 2.72. The van der Waals surface area contributed by atoms with E-state index in [1.165, 1.54) is 25.7 Å². The van der Waals surface area contributed by atoms with Gasteiger partial charge in [0, 0.05) is 0 Å². The fourth-order valence-electron chi connectivity index (χ4n) is 2.38. The minimum absolute atomic E-state index is 0.550. The van der Waals surface area contributed by atoms with E-state index < -0.39 is 0 Å². The van der Waals surface area contributed by atoms with Crippen LogP contribution in [0.15, 0.2) is 0 Å². The first kappa shape index (κ1) is 9.22. The summed E-state index contributed by atoms with van der Waals surface area (Å²) in [5.74, 6) is 2.03. The van der Waals surface area contributed by atoms with E-state index in [2.05, 4.69) is 29.5 Å². The molecule has 0 aromatic heterocycles. The molecular weight excluding hydrogens is 130 g/mol. The lowest BCUT2D eigenvalue weighted by Crippen LogP contribution is -2.12. The SMILES string of the molecule is BC(B)(C)CC1CCC(C)C1. The van der Waals surface area contributed by atoms with Crippen molar-refractivity contribution in [3.63, 3.8) is 0 Å². The average molecular weight is 150 g/mol. The molecule has 1 aliphatic carbocycles. The fraction of sp³-hybridized carbons (Fsp3) is 1.00. The molecule has 0 radical (unpaired) electrons. The van der Waals surface area contributed by atoms with Gasteiger partial charge in [0.25, 0.3) is 0 Å². The Balaban J connectivity index is 2.29. The van der Waals surface area contributed by atoms with Crippen molar-refractivity contribution in [2.75, 3.05) is 0 Å². The van der Waals surface area contributed by atoms with Crippen molar-refractivity contribution in [2.24, 2.45) is 11.8 Å². The monoisotopic (exact) mass is 150 g/mol. The van der Waals surface area contributed by atoms with Crippen LogP contribution in [0.3, 0.4) is 0 Å². The Morgan fingerprint density at radius 2 is 2.00 bits per heavy atom. The van der Waals surface area contributed by atoms with E-state index in [1.807, 2.05) is 0 Å². The molecule has 2 heteroatoms. The lowest BCUT2D eigenvalue weighted by atomic mass is 9.52. The van der Waals surface area contributed by atoms with Crippen LogP contribution in [-0.4, -0.2) is 15.7 Å². The second-order valence-electron chi connectivity index (χ2n) is 5.55. The lowest BCUT2D eigenvalue weighted by molar-refractivity contribution is 0.458. The predicted octanol–water partition coefficient (Wildman–Crippen LogP) is 1.22. The van der Waals surface area contributed by atoms with Gasteiger partial charge in [-0.15, -0.1) is 0 Å². The van der Waals surface area contributed by atoms with Crippen LogP contribution in [0.4, 0.5) is 0 Å². The van der Waals surface area contributed by atoms with E-state index in [0.717, 1.165) is 11.8 Å². The molecule has 0 saturated heterocycles. The third-order valence-electron chi connectivity index (χ3n) is 2.70. The number of hydrogen-bond donors (Lipinski definition) is 0. The maximum Gasteiger partial charge on any atom is 0.0988 e. The predicted molar refractivity (Wildman–Crippen MR) is 56.6 cm³/mol. The van der Waals surface area contributed by atoms with Crippen LogP contribution in [0.5, 0.6) is 0 Å². The highest BCUT2D eigenvalue weighted by molar-refractivity contribution is 6.39. The van der Waals surface area contributed by atoms with E-state index in [-0.39, 0.29) is 0 Å². The Bertz CT molecular complexity index is 126. The van der Waals surface area contributed by atoms with E-state index in [4.69, 9.17) is 0 Å². The third kappa shape index (κ3) is 3.35. The van der Waals surface area contributed by atoms with Gasteiger partial charge in [0.05, 0.1) is 15.7 Å². The molecule has 2 unspecified atom stereocenters. The summed E-state index contributed by atoms with van der Waals surface area (Å²) in [7, 11) is 4.71. The van der Waals surface area contributed by atoms with Crippen molar-refractivity contribution in [1.29, 1.82) is 0 Å². The molecule has 1 fully saturated rings. The molecule has 0 nitrogen and oxygen atoms in total. The minimum atomic E-state index is 0.550. The third-order valence-corrected chi connectivity index (χ3v) is 2.70. The highest BCUT2D eigenvalue weighted by Gasteiger charge is 2.25. The molecule has 62 valence electrons. The fourth-order valence-corrected chi connectivity index (χ4v) is 2.38. The minimum Gasteiger partial charge on any atom is -0.0869 e. The van der Waals surface area contributed by atoms with Crippen LogP contribution in [-0.2, 0) is 0 Å². The summed E-state index contributed by atoms with van der Waals surface area (Å²) < 4.78 is 0. The van der Waals surface area contributed by atoms with Gasteiger partial charge in [-0.1, -0.05) is 38.3 Å². The molecule has 0 N–H and O–H groups in total. The summed E-state index contributed by atoms with van der Waals surface area (Å²) in [4.78, 5) is 0. The summed E-state index contributed by atoms with van der Waals surface area (Å²) in [6.07, 6.45) is 5.87. The van der Waals surface area contributed by atoms with Gasteiger partial charge in [-0.25, -0.2) is 0 Å². The maximum atomic E-state index is 2.39. The van der Waals surface area contributed by atoms with Crippen molar-refractivity contribution in [3.05, 3.63) is 0 Å². The molecule has 0 bridgehead atoms. The number of hydrogen-bond acceptors (Lipinski definition) is 0. The first-order chi connectivity index (χ1) is 4.97. The van der Waals surface area contributed by atoms with Crippen LogP contribution >= 0.6 is 0 Å². The Labute approximate surface area is 73.0 Å². The lowest BCUT2D eigenvalue weighted by Gasteiger charge is -2.22. The van der Waals surface area contributed by atoms with E-state index in [0.29, 0.717) is 5.21 Å². The number of rotatable bonds is 2. The van der Waals surface area contributed by atoms with Crippen LogP contribution in [0, 0.1) is 11.8 Å². The first-order valence-electron chi connectivity index (χ1n) is 4.97. The zero-order valence-corrected chi connectivity index (χ0v) is 8.48. The quantitative estimate of drug-likeness (QED) is 0.519. The van der Waals surface area contributed by atoms with Crippen LogP contribution in [0.1, 0.15) is 39.5 Å². The highest BCUT2D eigenvalue weighted by Crippen LogP contribution is 2.38. The Morgan fingerprint density at radius 1 is 1.36 bits per heavy atom. The molecule has 0 aliphatic heterocycles. The first-order valence-corrected chi connectivity index (χ1v) is 4.97. The largest absolute Gasteiger partial charge is 0.0988 e. The second kappa shape index (κ2) is 3.25. The van der Waals surface area contributed by atoms with Gasteiger partial charge >= 0.3 is 0 Å². The summed E-state index contributed by atoms with van der Waals surface area (Å²) >= 11 is 0. The maximum absolute atomic E-state index is 2.39. The van der Waals surface area contributed by atoms with Gasteiger partial charge in [0.2, 0.25) is 0 Å². The topological polar surface area (TPSA) is 0 Å². The van der Waals surface area contributed by atoms with Crippen molar-refractivity contribution in [2.45, 2.75) is 44.7 Å². The summed E-state index contributed by atoms with van der Waals surface area (Å²) in [6, 6.07) is 0. The van der Waals surface area contributed by atoms with Gasteiger partial charge in [-0.3, -0.25) is 0 Å². The van der Waals surface area contributed by atoms with Gasteiger partial charge in [0.1, 0.15) is 0 Å². The molecule has 2 atom stereocenters. The van der Waals surface area contributed by atoms with Crippen molar-refractivity contribution < 1.29 is 0 Å². The standard InChI is InChI=1S/C9H20B2/c1-7-3-4-8(5-7)6-9(2,10)11/h7-8H,3-6,10-11H2,1-2H3. The van der Waals surface area contributed by atoms with Crippen LogP contribution in [0.2, 0.25) is 5.21 Å². The van der Waals surface area contributed by atoms with Gasteiger partial charge in [0.15, 0.2) is 0 Å². The molecule has 0 amide bonds. The van der Waals surface area contributed by atoms with Crippen molar-refractivity contribution in [3.8, 4) is 0 Å². The average Bonchev–Trinajstić information content (AvgIpc) is 2.10. The second-order valence-corrected chi connectivity index (χ2v) is 5.55. The Morgan fingerprint density at radius 3 is 2.36 bits per heavy atom. The summed E-state index contributed by atoms with van der Waals surface area (Å²) in [5.41, 5.74) is 0. The molecule has 1 saturated carbocycles. The molecule has 0 aromatic rings. The molecular formula is C9H20B2. The van der Waals surface area contributed by atoms with Gasteiger partial charge in [-0.05, 0) is 18.3 Å². The highest BCUT2D eigenvalue weighted by atomic mass is 14.3. The zero-order chi connectivity index (χ0) is 8.48. The summed E-state index contributed by atoms with van der Waals surface area (Å²) in [6.45, 7) is 4.75. The van der Waals surface area contributed by atoms with Crippen molar-refractivity contribution >= 4 is 15.7 Å². The molecule has 1 rings (SSSR count). The van der Waals surface area contributed by atoms with Gasteiger partial charge < -0.3 is 0 Å². The van der Waals surface area contributed by atoms with E-state index in [9.17, 15) is 0 Å². The molecule has 1 aliphatic rings. The normalized spacial score (nSPS) is 32.5. The molecule has 0 aromatic carbocycles. The zero-order valence-electron chi connectivity index (χ0n) is 8.48. The molecule has 0 heterocycles. The molecule has 11 heavy (non-hydrogen) atoms. The Hall–Kier alpha value is 0.130. The van der Waals surface area contributed by atoms with Crippen LogP contribution in [0.25, 0.3) is 0 Å². The smallest absolute Gasteiger partial charge is 0.0869 e. The van der Waals surface area contributed by atoms with E-state index in [1.54, 1.807) is 0 Å². The molecule has 0 spiro atoms. The summed E-state index contributed by atoms with van der Waals surface area (Å²) in [5, 5.41) is 0.550. The van der Waals surface area contributed by atoms with Gasteiger partial charge in [-0.2, -0.15) is 0 Å².